The van der Waals surface area contributed by atoms with Crippen molar-refractivity contribution >= 4 is 57.6 Å². The number of nitrogens with zero attached hydrogens (tertiary/aromatic N) is 4. The Morgan fingerprint density at radius 1 is 0.871 bits per heavy atom. The van der Waals surface area contributed by atoms with E-state index in [2.05, 4.69) is 97.4 Å². The number of imidazole rings is 2. The molecule has 0 aliphatic heterocycles. The molecule has 0 aromatic carbocycles. The number of aliphatic hydroxyl groups excluding tert-OH is 1. The second kappa shape index (κ2) is 8.70. The number of aromatic nitrogens is 4. The monoisotopic (exact) mass is 673 g/mol. The zero-order valence-corrected chi connectivity index (χ0v) is 23.9. The van der Waals surface area contributed by atoms with Crippen molar-refractivity contribution in [2.24, 2.45) is 11.1 Å². The third-order valence-corrected chi connectivity index (χ3v) is 8.50. The van der Waals surface area contributed by atoms with Crippen LogP contribution in [0.5, 0.6) is 0 Å². The van der Waals surface area contributed by atoms with Gasteiger partial charge in [0.25, 0.3) is 0 Å². The quantitative estimate of drug-likeness (QED) is 0.465. The maximum Gasteiger partial charge on any atom is 0.119 e. The first kappa shape index (κ1) is 25.7. The average Bonchev–Trinajstić information content (AvgIpc) is 3.19. The highest BCUT2D eigenvalue weighted by Crippen LogP contribution is 2.71. The molecular weight excluding hydrogens is 640 g/mol. The van der Waals surface area contributed by atoms with E-state index in [1.807, 2.05) is 0 Å². The highest BCUT2D eigenvalue weighted by atomic mass is 127. The summed E-state index contributed by atoms with van der Waals surface area (Å²) in [7, 11) is 1.00. The van der Waals surface area contributed by atoms with Gasteiger partial charge in [-0.25, -0.2) is 9.97 Å². The van der Waals surface area contributed by atoms with E-state index in [0.717, 1.165) is 46.6 Å². The van der Waals surface area contributed by atoms with Crippen LogP contribution >= 0.6 is 57.6 Å². The van der Waals surface area contributed by atoms with Gasteiger partial charge in [-0.3, -0.25) is 0 Å². The number of rotatable bonds is 4. The molecule has 6 fully saturated rings. The minimum Gasteiger partial charge on any atom is -0.400 e. The van der Waals surface area contributed by atoms with E-state index < -0.39 is 0 Å². The number of aliphatic hydroxyl groups is 1. The molecule has 6 saturated carbocycles. The minimum absolute atomic E-state index is 0. The van der Waals surface area contributed by atoms with Gasteiger partial charge < -0.3 is 20.0 Å². The largest absolute Gasteiger partial charge is 0.400 e. The highest BCUT2D eigenvalue weighted by Gasteiger charge is 2.67. The number of hydrogen-bond acceptors (Lipinski definition) is 4. The van der Waals surface area contributed by atoms with Crippen LogP contribution in [0.1, 0.15) is 70.9 Å². The molecule has 4 bridgehead atoms. The van der Waals surface area contributed by atoms with E-state index in [9.17, 15) is 0 Å². The van der Waals surface area contributed by atoms with Crippen LogP contribution in [0.2, 0.25) is 0 Å². The lowest BCUT2D eigenvalue weighted by Crippen LogP contribution is -2.76. The average molecular weight is 674 g/mol. The molecule has 174 valence electrons. The van der Waals surface area contributed by atoms with Crippen molar-refractivity contribution in [2.75, 3.05) is 7.11 Å². The fraction of sp³-hybridized carbons (Fsp3) is 0.727. The predicted molar refractivity (Wildman–Crippen MR) is 143 cm³/mol. The van der Waals surface area contributed by atoms with Gasteiger partial charge in [-0.1, -0.05) is 20.8 Å². The van der Waals surface area contributed by atoms with Crippen LogP contribution in [0, 0.1) is 12.8 Å². The SMILES string of the molecule is CCc1nc(I)cn1C12CC(C)(C1)C2.CCc1nc(I)cn1C12CC(N)(C1)C2.CO.Cl. The number of nitrogens with two attached hydrogens (primary N) is 1. The fourth-order valence-corrected chi connectivity index (χ4v) is 7.76. The molecule has 6 aliphatic carbocycles. The van der Waals surface area contributed by atoms with Crippen molar-refractivity contribution in [1.29, 1.82) is 0 Å². The van der Waals surface area contributed by atoms with E-state index in [-0.39, 0.29) is 17.9 Å². The number of halogens is 3. The van der Waals surface area contributed by atoms with Crippen LogP contribution in [-0.2, 0) is 23.9 Å². The van der Waals surface area contributed by atoms with Gasteiger partial charge in [0.2, 0.25) is 0 Å². The minimum atomic E-state index is 0. The van der Waals surface area contributed by atoms with Crippen molar-refractivity contribution in [2.45, 2.75) is 88.8 Å². The van der Waals surface area contributed by atoms with Gasteiger partial charge in [0, 0.05) is 43.4 Å². The first-order valence-corrected chi connectivity index (χ1v) is 13.0. The summed E-state index contributed by atoms with van der Waals surface area (Å²) in [6.07, 6.45) is 14.1. The Kier molecular flexibility index (Phi) is 7.22. The van der Waals surface area contributed by atoms with E-state index in [1.54, 1.807) is 0 Å². The van der Waals surface area contributed by atoms with Gasteiger partial charge in [0.15, 0.2) is 0 Å². The maximum atomic E-state index is 7.00. The summed E-state index contributed by atoms with van der Waals surface area (Å²) in [4.78, 5) is 9.11. The Bertz CT molecular complexity index is 840. The highest BCUT2D eigenvalue weighted by molar-refractivity contribution is 14.1. The molecule has 3 N–H and O–H groups in total. The molecule has 6 nitrogen and oxygen atoms in total. The molecule has 0 saturated heterocycles. The molecule has 31 heavy (non-hydrogen) atoms. The maximum absolute atomic E-state index is 7.00. The van der Waals surface area contributed by atoms with Crippen molar-refractivity contribution < 1.29 is 5.11 Å². The summed E-state index contributed by atoms with van der Waals surface area (Å²) in [6.45, 7) is 6.77. The second-order valence-corrected chi connectivity index (χ2v) is 12.3. The Morgan fingerprint density at radius 3 is 1.52 bits per heavy atom. The first-order chi connectivity index (χ1) is 14.1. The molecule has 8 rings (SSSR count). The van der Waals surface area contributed by atoms with Crippen LogP contribution in [0.15, 0.2) is 12.4 Å². The summed E-state index contributed by atoms with van der Waals surface area (Å²) in [5.41, 5.74) is 7.78. The zero-order valence-electron chi connectivity index (χ0n) is 18.8. The molecule has 2 heterocycles. The summed E-state index contributed by atoms with van der Waals surface area (Å²) >= 11 is 4.61. The predicted octanol–water partition coefficient (Wildman–Crippen LogP) is 4.62. The van der Waals surface area contributed by atoms with Crippen LogP contribution in [0.4, 0.5) is 0 Å². The lowest BCUT2D eigenvalue weighted by atomic mass is 9.40. The first-order valence-electron chi connectivity index (χ1n) is 10.9. The van der Waals surface area contributed by atoms with E-state index in [1.165, 1.54) is 30.9 Å². The number of hydrogen-bond donors (Lipinski definition) is 2. The Hall–Kier alpha value is 0.0900. The van der Waals surface area contributed by atoms with Gasteiger partial charge in [0.05, 0.1) is 5.54 Å². The third-order valence-electron chi connectivity index (χ3n) is 7.46. The van der Waals surface area contributed by atoms with Crippen LogP contribution in [0.3, 0.4) is 0 Å². The van der Waals surface area contributed by atoms with Gasteiger partial charge in [0.1, 0.15) is 19.1 Å². The molecule has 0 amide bonds. The summed E-state index contributed by atoms with van der Waals surface area (Å²) in [5.74, 6) is 2.49. The number of aryl methyl sites for hydroxylation is 2. The summed E-state index contributed by atoms with van der Waals surface area (Å²) < 4.78 is 7.09. The summed E-state index contributed by atoms with van der Waals surface area (Å²) in [5, 5.41) is 7.00. The lowest BCUT2D eigenvalue weighted by molar-refractivity contribution is -0.175. The van der Waals surface area contributed by atoms with Crippen molar-refractivity contribution in [3.63, 3.8) is 0 Å². The molecular formula is C22H34ClI2N5O. The molecule has 0 radical (unpaired) electrons. The van der Waals surface area contributed by atoms with Crippen molar-refractivity contribution in [3.05, 3.63) is 31.4 Å². The molecule has 2 aromatic heterocycles. The standard InChI is InChI=1S/C11H15IN2.C10H14IN3.CH4O.ClH/c1-3-9-13-8(12)4-14(9)11-5-10(2,6-11)7-11;1-2-8-13-7(11)3-14(8)10-4-9(12,5-10)6-10;1-2;/h4H,3,5-7H2,1-2H3;3H,2,4-6,12H2,1H3;2H,1H3;1H. The van der Waals surface area contributed by atoms with Crippen molar-refractivity contribution in [1.82, 2.24) is 19.1 Å². The van der Waals surface area contributed by atoms with E-state index >= 15 is 0 Å². The Labute approximate surface area is 218 Å². The topological polar surface area (TPSA) is 81.9 Å². The normalized spacial score (nSPS) is 35.5. The smallest absolute Gasteiger partial charge is 0.119 e. The van der Waals surface area contributed by atoms with Gasteiger partial charge >= 0.3 is 0 Å². The Balaban J connectivity index is 0.000000158. The molecule has 0 unspecified atom stereocenters. The van der Waals surface area contributed by atoms with E-state index in [0.29, 0.717) is 16.5 Å². The fourth-order valence-electron chi connectivity index (χ4n) is 6.64. The summed E-state index contributed by atoms with van der Waals surface area (Å²) in [6, 6.07) is 0. The van der Waals surface area contributed by atoms with Crippen LogP contribution in [0.25, 0.3) is 0 Å². The van der Waals surface area contributed by atoms with Gasteiger partial charge in [-0.2, -0.15) is 0 Å². The van der Waals surface area contributed by atoms with E-state index in [4.69, 9.17) is 10.8 Å². The van der Waals surface area contributed by atoms with Gasteiger partial charge in [-0.05, 0) is 89.1 Å². The second-order valence-electron chi connectivity index (χ2n) is 10.1. The third kappa shape index (κ3) is 4.10. The van der Waals surface area contributed by atoms with Gasteiger partial charge in [-0.15, -0.1) is 12.4 Å². The molecule has 9 heteroatoms. The lowest BCUT2D eigenvalue weighted by Gasteiger charge is -2.70. The van der Waals surface area contributed by atoms with Crippen molar-refractivity contribution in [3.8, 4) is 0 Å². The Morgan fingerprint density at radius 2 is 1.23 bits per heavy atom. The van der Waals surface area contributed by atoms with Crippen LogP contribution in [-0.4, -0.2) is 36.9 Å². The zero-order chi connectivity index (χ0) is 21.9. The van der Waals surface area contributed by atoms with Crippen LogP contribution < -0.4 is 5.73 Å². The molecule has 0 spiro atoms. The molecule has 6 aliphatic rings. The molecule has 2 aromatic rings. The molecule has 0 atom stereocenters.